The van der Waals surface area contributed by atoms with Crippen LogP contribution in [0.2, 0.25) is 0 Å². The van der Waals surface area contributed by atoms with E-state index < -0.39 is 0 Å². The van der Waals surface area contributed by atoms with Gasteiger partial charge in [-0.25, -0.2) is 0 Å². The van der Waals surface area contributed by atoms with Crippen molar-refractivity contribution >= 4 is 0 Å². The van der Waals surface area contributed by atoms with Gasteiger partial charge in [0.05, 0.1) is 6.10 Å². The molecule has 0 aromatic carbocycles. The van der Waals surface area contributed by atoms with Crippen molar-refractivity contribution in [3.05, 3.63) is 5.21 Å². The topological polar surface area (TPSA) is 35.5 Å². The van der Waals surface area contributed by atoms with Crippen LogP contribution in [-0.2, 0) is 4.84 Å². The number of hydrogen-bond donors (Lipinski definition) is 0. The predicted octanol–water partition coefficient (Wildman–Crippen LogP) is 1.15. The molecule has 0 amide bonds. The van der Waals surface area contributed by atoms with Gasteiger partial charge in [0.1, 0.15) is 0 Å². The average molecular weight is 118 g/mol. The third kappa shape index (κ3) is 4.05. The van der Waals surface area contributed by atoms with Crippen molar-refractivity contribution in [2.45, 2.75) is 26.4 Å². The highest BCUT2D eigenvalue weighted by atomic mass is 16.9. The monoisotopic (exact) mass is 118 g/mol. The molecule has 0 saturated carbocycles. The van der Waals surface area contributed by atoms with Crippen LogP contribution in [0.1, 0.15) is 20.3 Å². The molecule has 0 rings (SSSR count). The van der Waals surface area contributed by atoms with Gasteiger partial charge in [0, 0.05) is 0 Å². The van der Waals surface area contributed by atoms with E-state index in [0.29, 0.717) is 5.23 Å². The second-order valence-electron chi connectivity index (χ2n) is 1.76. The summed E-state index contributed by atoms with van der Waals surface area (Å²) in [5.74, 6) is 0. The molecule has 0 fully saturated rings. The zero-order chi connectivity index (χ0) is 6.57. The van der Waals surface area contributed by atoms with E-state index in [9.17, 15) is 5.21 Å². The summed E-state index contributed by atoms with van der Waals surface area (Å²) in [6.45, 7) is 3.82. The Hall–Kier alpha value is -0.120. The van der Waals surface area contributed by atoms with Crippen molar-refractivity contribution in [2.75, 3.05) is 7.05 Å². The molecule has 0 aromatic rings. The lowest BCUT2D eigenvalue weighted by Gasteiger charge is -2.24. The van der Waals surface area contributed by atoms with Crippen LogP contribution in [0, 0.1) is 5.21 Å². The Morgan fingerprint density at radius 3 is 2.38 bits per heavy atom. The molecule has 0 radical (unpaired) electrons. The first kappa shape index (κ1) is 7.88. The Kier molecular flexibility index (Phi) is 3.77. The zero-order valence-corrected chi connectivity index (χ0v) is 5.55. The molecule has 0 spiro atoms. The van der Waals surface area contributed by atoms with Gasteiger partial charge in [-0.1, -0.05) is 6.92 Å². The molecule has 3 nitrogen and oxygen atoms in total. The second-order valence-corrected chi connectivity index (χ2v) is 1.76. The molecule has 50 valence electrons. The van der Waals surface area contributed by atoms with Crippen molar-refractivity contribution in [2.24, 2.45) is 0 Å². The maximum atomic E-state index is 10.1. The number of nitrogens with zero attached hydrogens (tertiary/aromatic N) is 1. The Morgan fingerprint density at radius 2 is 2.25 bits per heavy atom. The van der Waals surface area contributed by atoms with Gasteiger partial charge in [-0.2, -0.15) is 0 Å². The number of rotatable bonds is 3. The fraction of sp³-hybridized carbons (Fsp3) is 1.00. The van der Waals surface area contributed by atoms with Crippen molar-refractivity contribution in [1.29, 1.82) is 0 Å². The first-order chi connectivity index (χ1) is 3.66. The summed E-state index contributed by atoms with van der Waals surface area (Å²) in [5, 5.41) is 10.6. The Labute approximate surface area is 49.8 Å². The SMILES string of the molecule is CCC(C)ON(C)[O-]. The van der Waals surface area contributed by atoms with Crippen LogP contribution in [0.5, 0.6) is 0 Å². The lowest BCUT2D eigenvalue weighted by atomic mass is 10.3. The summed E-state index contributed by atoms with van der Waals surface area (Å²) >= 11 is 0. The lowest BCUT2D eigenvalue weighted by molar-refractivity contribution is -0.141. The molecule has 0 aliphatic rings. The Bertz CT molecular complexity index is 56.4. The fourth-order valence-corrected chi connectivity index (χ4v) is 0.328. The highest BCUT2D eigenvalue weighted by molar-refractivity contribution is 4.41. The maximum absolute atomic E-state index is 10.1. The summed E-state index contributed by atoms with van der Waals surface area (Å²) < 4.78 is 0. The van der Waals surface area contributed by atoms with Crippen LogP contribution in [0.15, 0.2) is 0 Å². The van der Waals surface area contributed by atoms with Crippen LogP contribution >= 0.6 is 0 Å². The molecule has 0 N–H and O–H groups in total. The maximum Gasteiger partial charge on any atom is 0.0750 e. The van der Waals surface area contributed by atoms with Gasteiger partial charge in [0.2, 0.25) is 0 Å². The normalized spacial score (nSPS) is 14.6. The molecule has 0 bridgehead atoms. The standard InChI is InChI=1S/C5H12NO2/c1-4-5(2)8-6(3)7/h5H,4H2,1-3H3/q-1. The van der Waals surface area contributed by atoms with Crippen molar-refractivity contribution in [3.63, 3.8) is 0 Å². The molecule has 0 aromatic heterocycles. The summed E-state index contributed by atoms with van der Waals surface area (Å²) in [6.07, 6.45) is 0.907. The molecule has 1 unspecified atom stereocenters. The first-order valence-electron chi connectivity index (χ1n) is 2.74. The summed E-state index contributed by atoms with van der Waals surface area (Å²) in [7, 11) is 1.34. The van der Waals surface area contributed by atoms with E-state index in [1.165, 1.54) is 7.05 Å². The van der Waals surface area contributed by atoms with Gasteiger partial charge >= 0.3 is 0 Å². The minimum Gasteiger partial charge on any atom is -0.762 e. The van der Waals surface area contributed by atoms with Crippen LogP contribution in [0.4, 0.5) is 0 Å². The van der Waals surface area contributed by atoms with Crippen LogP contribution in [0.25, 0.3) is 0 Å². The summed E-state index contributed by atoms with van der Waals surface area (Å²) in [5.41, 5.74) is 0. The third-order valence-corrected chi connectivity index (χ3v) is 0.903. The van der Waals surface area contributed by atoms with Gasteiger partial charge in [-0.05, 0) is 20.4 Å². The molecule has 0 aliphatic carbocycles. The predicted molar refractivity (Wildman–Crippen MR) is 32.0 cm³/mol. The molecule has 0 heterocycles. The van der Waals surface area contributed by atoms with Crippen molar-refractivity contribution in [3.8, 4) is 0 Å². The van der Waals surface area contributed by atoms with E-state index in [2.05, 4.69) is 4.84 Å². The molecular formula is C5H12NO2-. The quantitative estimate of drug-likeness (QED) is 0.521. The van der Waals surface area contributed by atoms with E-state index in [0.717, 1.165) is 6.42 Å². The molecule has 8 heavy (non-hydrogen) atoms. The molecular weight excluding hydrogens is 106 g/mol. The third-order valence-electron chi connectivity index (χ3n) is 0.903. The highest BCUT2D eigenvalue weighted by Crippen LogP contribution is 1.96. The molecule has 0 saturated heterocycles. The minimum absolute atomic E-state index is 0.0394. The number of hydroxylamine groups is 2. The van der Waals surface area contributed by atoms with E-state index in [-0.39, 0.29) is 6.10 Å². The van der Waals surface area contributed by atoms with Gasteiger partial charge in [-0.15, -0.1) is 0 Å². The van der Waals surface area contributed by atoms with E-state index in [1.807, 2.05) is 13.8 Å². The van der Waals surface area contributed by atoms with E-state index in [1.54, 1.807) is 0 Å². The lowest BCUT2D eigenvalue weighted by Crippen LogP contribution is -2.17. The van der Waals surface area contributed by atoms with Gasteiger partial charge in [0.15, 0.2) is 0 Å². The largest absolute Gasteiger partial charge is 0.762 e. The van der Waals surface area contributed by atoms with Crippen LogP contribution in [-0.4, -0.2) is 18.4 Å². The molecule has 0 aliphatic heterocycles. The minimum atomic E-state index is 0.0394. The van der Waals surface area contributed by atoms with Gasteiger partial charge < -0.3 is 10.0 Å². The Morgan fingerprint density at radius 1 is 1.75 bits per heavy atom. The smallest absolute Gasteiger partial charge is 0.0750 e. The fourth-order valence-electron chi connectivity index (χ4n) is 0.328. The van der Waals surface area contributed by atoms with Crippen molar-refractivity contribution in [1.82, 2.24) is 5.23 Å². The highest BCUT2D eigenvalue weighted by Gasteiger charge is 1.94. The van der Waals surface area contributed by atoms with Gasteiger partial charge in [0.25, 0.3) is 0 Å². The van der Waals surface area contributed by atoms with Crippen LogP contribution in [0.3, 0.4) is 0 Å². The molecule has 3 heteroatoms. The first-order valence-corrected chi connectivity index (χ1v) is 2.74. The van der Waals surface area contributed by atoms with E-state index in [4.69, 9.17) is 0 Å². The average Bonchev–Trinajstić information content (AvgIpc) is 1.65. The second kappa shape index (κ2) is 3.83. The molecule has 1 atom stereocenters. The summed E-state index contributed by atoms with van der Waals surface area (Å²) in [4.78, 5) is 4.68. The Balaban J connectivity index is 3.10. The number of hydrogen-bond acceptors (Lipinski definition) is 3. The van der Waals surface area contributed by atoms with Gasteiger partial charge in [-0.3, -0.25) is 5.23 Å². The zero-order valence-electron chi connectivity index (χ0n) is 5.55. The van der Waals surface area contributed by atoms with Crippen molar-refractivity contribution < 1.29 is 4.84 Å². The summed E-state index contributed by atoms with van der Waals surface area (Å²) in [6, 6.07) is 0. The van der Waals surface area contributed by atoms with E-state index >= 15 is 0 Å². The van der Waals surface area contributed by atoms with Crippen LogP contribution < -0.4 is 0 Å².